The fourth-order valence-electron chi connectivity index (χ4n) is 2.52. The Morgan fingerprint density at radius 1 is 0.654 bits per heavy atom. The highest BCUT2D eigenvalue weighted by atomic mass is 79.9. The zero-order chi connectivity index (χ0) is 18.2. The topological polar surface area (TPSA) is 36.9 Å². The van der Waals surface area contributed by atoms with Gasteiger partial charge in [0.15, 0.2) is 0 Å². The highest BCUT2D eigenvalue weighted by Gasteiger charge is 2.08. The Labute approximate surface area is 170 Å². The molecule has 1 heterocycles. The van der Waals surface area contributed by atoms with Crippen molar-refractivity contribution in [3.05, 3.63) is 68.6 Å². The lowest BCUT2D eigenvalue weighted by Gasteiger charge is -2.15. The van der Waals surface area contributed by atoms with Gasteiger partial charge in [-0.2, -0.15) is 0 Å². The van der Waals surface area contributed by atoms with Crippen molar-refractivity contribution in [3.8, 4) is 11.5 Å². The maximum absolute atomic E-state index is 5.90. The van der Waals surface area contributed by atoms with Gasteiger partial charge in [0.1, 0.15) is 24.7 Å². The Bertz CT molecular complexity index is 698. The van der Waals surface area contributed by atoms with Gasteiger partial charge in [0, 0.05) is 20.1 Å². The van der Waals surface area contributed by atoms with E-state index in [1.165, 1.54) is 0 Å². The second-order valence-electron chi connectivity index (χ2n) is 5.70. The molecule has 138 valence electrons. The van der Waals surface area contributed by atoms with E-state index in [1.54, 1.807) is 0 Å². The largest absolute Gasteiger partial charge is 0.490 e. The summed E-state index contributed by atoms with van der Waals surface area (Å²) in [6, 6.07) is 11.8. The first kappa shape index (κ1) is 19.4. The van der Waals surface area contributed by atoms with Crippen molar-refractivity contribution >= 4 is 31.9 Å². The molecule has 0 fully saturated rings. The Hall–Kier alpha value is -1.34. The third-order valence-electron chi connectivity index (χ3n) is 3.75. The Balaban J connectivity index is 1.74. The molecule has 0 atom stereocenters. The first-order valence-corrected chi connectivity index (χ1v) is 9.94. The maximum Gasteiger partial charge on any atom is 0.125 e. The Kier molecular flexibility index (Phi) is 7.55. The molecular weight excluding hydrogens is 464 g/mol. The van der Waals surface area contributed by atoms with Gasteiger partial charge in [-0.25, -0.2) is 0 Å². The molecule has 0 radical (unpaired) electrons. The van der Waals surface area contributed by atoms with Crippen molar-refractivity contribution < 1.29 is 18.9 Å². The summed E-state index contributed by atoms with van der Waals surface area (Å²) in [7, 11) is 0. The number of benzene rings is 2. The molecule has 0 aromatic heterocycles. The summed E-state index contributed by atoms with van der Waals surface area (Å²) in [6.07, 6.45) is 3.92. The van der Waals surface area contributed by atoms with Gasteiger partial charge in [0.25, 0.3) is 0 Å². The van der Waals surface area contributed by atoms with Crippen LogP contribution in [0.5, 0.6) is 11.5 Å². The predicted octanol–water partition coefficient (Wildman–Crippen LogP) is 5.27. The molecule has 1 aliphatic rings. The standard InChI is InChI=1S/C20H20Br2O4/c21-17-3-5-19-15(11-17)13-23-7-1-2-8-24-14-16-12-18(22)4-6-20(16)26-10-9-25-19/h1-6,11-12H,7-10,13-14H2/b2-1+. The van der Waals surface area contributed by atoms with Crippen LogP contribution in [0, 0.1) is 0 Å². The van der Waals surface area contributed by atoms with Gasteiger partial charge in [-0.15, -0.1) is 0 Å². The monoisotopic (exact) mass is 482 g/mol. The zero-order valence-electron chi connectivity index (χ0n) is 14.3. The number of hydrogen-bond acceptors (Lipinski definition) is 4. The fraction of sp³-hybridized carbons (Fsp3) is 0.300. The van der Waals surface area contributed by atoms with Crippen LogP contribution in [0.2, 0.25) is 0 Å². The van der Waals surface area contributed by atoms with Crippen LogP contribution in [0.4, 0.5) is 0 Å². The molecule has 2 aromatic rings. The average Bonchev–Trinajstić information content (AvgIpc) is 2.62. The summed E-state index contributed by atoms with van der Waals surface area (Å²) in [5, 5.41) is 0. The zero-order valence-corrected chi connectivity index (χ0v) is 17.4. The van der Waals surface area contributed by atoms with Crippen molar-refractivity contribution in [2.24, 2.45) is 0 Å². The van der Waals surface area contributed by atoms with Crippen LogP contribution in [-0.4, -0.2) is 26.4 Å². The predicted molar refractivity (Wildman–Crippen MR) is 108 cm³/mol. The summed E-state index contributed by atoms with van der Waals surface area (Å²) in [5.41, 5.74) is 2.00. The molecule has 4 nitrogen and oxygen atoms in total. The second kappa shape index (κ2) is 10.1. The molecule has 0 amide bonds. The Morgan fingerprint density at radius 2 is 1.12 bits per heavy atom. The maximum atomic E-state index is 5.90. The third kappa shape index (κ3) is 5.84. The van der Waals surface area contributed by atoms with Crippen LogP contribution >= 0.6 is 31.9 Å². The third-order valence-corrected chi connectivity index (χ3v) is 4.74. The van der Waals surface area contributed by atoms with Crippen molar-refractivity contribution in [2.45, 2.75) is 13.2 Å². The molecule has 0 bridgehead atoms. The number of fused-ring (bicyclic) bond motifs is 2. The molecular formula is C20H20Br2O4. The summed E-state index contributed by atoms with van der Waals surface area (Å²) in [4.78, 5) is 0. The van der Waals surface area contributed by atoms with Gasteiger partial charge in [-0.3, -0.25) is 0 Å². The molecule has 6 heteroatoms. The Morgan fingerprint density at radius 3 is 1.58 bits per heavy atom. The second-order valence-corrected chi connectivity index (χ2v) is 7.53. The van der Waals surface area contributed by atoms with E-state index in [0.29, 0.717) is 39.6 Å². The van der Waals surface area contributed by atoms with Crippen molar-refractivity contribution in [2.75, 3.05) is 26.4 Å². The van der Waals surface area contributed by atoms with Crippen LogP contribution in [-0.2, 0) is 22.7 Å². The highest BCUT2D eigenvalue weighted by Crippen LogP contribution is 2.26. The van der Waals surface area contributed by atoms with Crippen molar-refractivity contribution in [3.63, 3.8) is 0 Å². The van der Waals surface area contributed by atoms with E-state index in [2.05, 4.69) is 31.9 Å². The first-order valence-electron chi connectivity index (χ1n) is 8.35. The molecule has 0 aliphatic carbocycles. The molecule has 0 spiro atoms. The number of hydrogen-bond donors (Lipinski definition) is 0. The molecule has 26 heavy (non-hydrogen) atoms. The number of rotatable bonds is 0. The van der Waals surface area contributed by atoms with Crippen LogP contribution in [0.1, 0.15) is 11.1 Å². The fourth-order valence-corrected chi connectivity index (χ4v) is 3.33. The molecule has 2 aromatic carbocycles. The van der Waals surface area contributed by atoms with Crippen LogP contribution in [0.25, 0.3) is 0 Å². The molecule has 0 saturated carbocycles. The molecule has 1 aliphatic heterocycles. The van der Waals surface area contributed by atoms with E-state index >= 15 is 0 Å². The number of ether oxygens (including phenoxy) is 4. The minimum absolute atomic E-state index is 0.449. The smallest absolute Gasteiger partial charge is 0.125 e. The average molecular weight is 484 g/mol. The van der Waals surface area contributed by atoms with Gasteiger partial charge in [-0.05, 0) is 36.4 Å². The quantitative estimate of drug-likeness (QED) is 0.478. The first-order chi connectivity index (χ1) is 12.7. The van der Waals surface area contributed by atoms with Crippen LogP contribution in [0.3, 0.4) is 0 Å². The summed E-state index contributed by atoms with van der Waals surface area (Å²) in [5.74, 6) is 1.62. The summed E-state index contributed by atoms with van der Waals surface area (Å²) in [6.45, 7) is 2.92. The van der Waals surface area contributed by atoms with E-state index in [0.717, 1.165) is 31.6 Å². The minimum atomic E-state index is 0.449. The van der Waals surface area contributed by atoms with E-state index in [-0.39, 0.29) is 0 Å². The number of halogens is 2. The lowest BCUT2D eigenvalue weighted by Crippen LogP contribution is -2.11. The lowest BCUT2D eigenvalue weighted by molar-refractivity contribution is 0.133. The molecule has 0 N–H and O–H groups in total. The van der Waals surface area contributed by atoms with Crippen molar-refractivity contribution in [1.29, 1.82) is 0 Å². The van der Waals surface area contributed by atoms with E-state index < -0.39 is 0 Å². The lowest BCUT2D eigenvalue weighted by atomic mass is 10.2. The van der Waals surface area contributed by atoms with Crippen LogP contribution in [0.15, 0.2) is 57.5 Å². The van der Waals surface area contributed by atoms with Gasteiger partial charge >= 0.3 is 0 Å². The summed E-state index contributed by atoms with van der Waals surface area (Å²) >= 11 is 6.99. The summed E-state index contributed by atoms with van der Waals surface area (Å²) < 4.78 is 25.2. The van der Waals surface area contributed by atoms with Gasteiger partial charge in [0.05, 0.1) is 26.4 Å². The molecule has 0 unspecified atom stereocenters. The minimum Gasteiger partial charge on any atom is -0.490 e. The van der Waals surface area contributed by atoms with Gasteiger partial charge in [0.2, 0.25) is 0 Å². The SMILES string of the molecule is Brc1ccc2c(c1)COC/C=C/COCc1cc(Br)ccc1OCCO2. The normalized spacial score (nSPS) is 17.3. The van der Waals surface area contributed by atoms with Crippen molar-refractivity contribution in [1.82, 2.24) is 0 Å². The molecule has 0 saturated heterocycles. The molecule has 3 rings (SSSR count). The highest BCUT2D eigenvalue weighted by molar-refractivity contribution is 9.10. The van der Waals surface area contributed by atoms with E-state index in [4.69, 9.17) is 18.9 Å². The van der Waals surface area contributed by atoms with Gasteiger partial charge in [-0.1, -0.05) is 44.0 Å². The van der Waals surface area contributed by atoms with Gasteiger partial charge < -0.3 is 18.9 Å². The van der Waals surface area contributed by atoms with E-state index in [1.807, 2.05) is 48.6 Å². The van der Waals surface area contributed by atoms with E-state index in [9.17, 15) is 0 Å². The van der Waals surface area contributed by atoms with Crippen LogP contribution < -0.4 is 9.47 Å².